The number of nitrogens with one attached hydrogen (secondary N) is 1. The van der Waals surface area contributed by atoms with Crippen LogP contribution >= 0.6 is 11.8 Å². The maximum Gasteiger partial charge on any atom is 0.238 e. The van der Waals surface area contributed by atoms with Crippen molar-refractivity contribution < 1.29 is 19.0 Å². The van der Waals surface area contributed by atoms with Gasteiger partial charge in [0.05, 0.1) is 37.8 Å². The number of nitrogens with zero attached hydrogens (tertiary/aromatic N) is 3. The lowest BCUT2D eigenvalue weighted by atomic mass is 9.98. The van der Waals surface area contributed by atoms with Crippen LogP contribution in [0.4, 0.5) is 5.82 Å². The Kier molecular flexibility index (Phi) is 8.69. The summed E-state index contributed by atoms with van der Waals surface area (Å²) < 4.78 is 16.6. The fourth-order valence-corrected chi connectivity index (χ4v) is 4.85. The van der Waals surface area contributed by atoms with Crippen LogP contribution in [0, 0.1) is 18.3 Å². The molecule has 2 aromatic carbocycles. The minimum absolute atomic E-state index is 0.249. The second-order valence-corrected chi connectivity index (χ2v) is 9.93. The highest BCUT2D eigenvalue weighted by atomic mass is 32.2. The summed E-state index contributed by atoms with van der Waals surface area (Å²) in [7, 11) is 4.62. The van der Waals surface area contributed by atoms with E-state index in [1.807, 2.05) is 49.4 Å². The minimum Gasteiger partial charge on any atom is -0.493 e. The first-order valence-electron chi connectivity index (χ1n) is 12.1. The third-order valence-electron chi connectivity index (χ3n) is 5.96. The Morgan fingerprint density at radius 1 is 0.974 bits per heavy atom. The average molecular weight is 541 g/mol. The van der Waals surface area contributed by atoms with E-state index in [0.29, 0.717) is 50.5 Å². The largest absolute Gasteiger partial charge is 0.493 e. The van der Waals surface area contributed by atoms with Gasteiger partial charge in [-0.2, -0.15) is 5.26 Å². The second-order valence-electron chi connectivity index (χ2n) is 8.60. The molecule has 1 atom stereocenters. The van der Waals surface area contributed by atoms with E-state index < -0.39 is 5.25 Å². The number of aromatic nitrogens is 2. The number of thioether (sulfide) groups is 1. The van der Waals surface area contributed by atoms with Crippen LogP contribution in [0.1, 0.15) is 18.1 Å². The number of nitriles is 1. The van der Waals surface area contributed by atoms with Crippen molar-refractivity contribution in [1.82, 2.24) is 9.97 Å². The highest BCUT2D eigenvalue weighted by Crippen LogP contribution is 2.43. The topological polar surface area (TPSA) is 106 Å². The molecule has 0 aliphatic heterocycles. The van der Waals surface area contributed by atoms with Crippen molar-refractivity contribution in [3.63, 3.8) is 0 Å². The van der Waals surface area contributed by atoms with E-state index in [0.717, 1.165) is 11.1 Å². The molecular formula is C30H28N4O4S. The van der Waals surface area contributed by atoms with Crippen LogP contribution in [0.25, 0.3) is 22.4 Å². The lowest BCUT2D eigenvalue weighted by Crippen LogP contribution is -2.23. The van der Waals surface area contributed by atoms with E-state index in [4.69, 9.17) is 19.2 Å². The van der Waals surface area contributed by atoms with Gasteiger partial charge in [0.2, 0.25) is 11.7 Å². The molecular weight excluding hydrogens is 512 g/mol. The van der Waals surface area contributed by atoms with Crippen molar-refractivity contribution in [3.8, 4) is 45.7 Å². The summed E-state index contributed by atoms with van der Waals surface area (Å²) in [5.41, 5.74) is 4.17. The molecule has 2 heterocycles. The van der Waals surface area contributed by atoms with Crippen LogP contribution in [-0.4, -0.2) is 42.5 Å². The van der Waals surface area contributed by atoms with Gasteiger partial charge < -0.3 is 19.5 Å². The first kappa shape index (κ1) is 27.5. The fraction of sp³-hybridized carbons (Fsp3) is 0.200. The van der Waals surface area contributed by atoms with Crippen LogP contribution < -0.4 is 19.5 Å². The van der Waals surface area contributed by atoms with Crippen molar-refractivity contribution in [2.75, 3.05) is 26.6 Å². The number of hydrogen-bond acceptors (Lipinski definition) is 8. The molecule has 2 aromatic heterocycles. The number of aryl methyl sites for hydroxylation is 1. The molecule has 198 valence electrons. The third-order valence-corrected chi connectivity index (χ3v) is 7.05. The lowest BCUT2D eigenvalue weighted by Gasteiger charge is -2.18. The van der Waals surface area contributed by atoms with Crippen LogP contribution in [0.2, 0.25) is 0 Å². The zero-order chi connectivity index (χ0) is 27.9. The number of carbonyl (C=O) groups is 1. The summed E-state index contributed by atoms with van der Waals surface area (Å²) in [6.07, 6.45) is 1.69. The van der Waals surface area contributed by atoms with Crippen LogP contribution in [0.3, 0.4) is 0 Å². The Balaban J connectivity index is 1.81. The van der Waals surface area contributed by atoms with Gasteiger partial charge in [0.15, 0.2) is 11.5 Å². The summed E-state index contributed by atoms with van der Waals surface area (Å²) in [5, 5.41) is 13.0. The quantitative estimate of drug-likeness (QED) is 0.253. The van der Waals surface area contributed by atoms with Crippen molar-refractivity contribution in [1.29, 1.82) is 5.26 Å². The highest BCUT2D eigenvalue weighted by Gasteiger charge is 2.23. The van der Waals surface area contributed by atoms with Gasteiger partial charge in [0.25, 0.3) is 0 Å². The number of hydrogen-bond donors (Lipinski definition) is 1. The zero-order valence-electron chi connectivity index (χ0n) is 22.3. The lowest BCUT2D eigenvalue weighted by molar-refractivity contribution is -0.115. The first-order valence-corrected chi connectivity index (χ1v) is 13.0. The molecule has 0 saturated carbocycles. The molecule has 0 aliphatic rings. The van der Waals surface area contributed by atoms with Crippen LogP contribution in [-0.2, 0) is 4.79 Å². The van der Waals surface area contributed by atoms with Gasteiger partial charge in [-0.3, -0.25) is 4.79 Å². The van der Waals surface area contributed by atoms with E-state index in [9.17, 15) is 10.1 Å². The number of benzene rings is 2. The molecule has 39 heavy (non-hydrogen) atoms. The average Bonchev–Trinajstić information content (AvgIpc) is 2.97. The summed E-state index contributed by atoms with van der Waals surface area (Å²) in [5.74, 6) is 1.58. The Morgan fingerprint density at radius 2 is 1.67 bits per heavy atom. The molecule has 8 nitrogen and oxygen atoms in total. The Hall–Kier alpha value is -4.55. The predicted octanol–water partition coefficient (Wildman–Crippen LogP) is 6.14. The predicted molar refractivity (Wildman–Crippen MR) is 152 cm³/mol. The monoisotopic (exact) mass is 540 g/mol. The van der Waals surface area contributed by atoms with E-state index in [-0.39, 0.29) is 5.91 Å². The second kappa shape index (κ2) is 12.3. The highest BCUT2D eigenvalue weighted by molar-refractivity contribution is 8.00. The van der Waals surface area contributed by atoms with E-state index in [1.54, 1.807) is 45.5 Å². The van der Waals surface area contributed by atoms with Crippen molar-refractivity contribution >= 4 is 23.5 Å². The Bertz CT molecular complexity index is 1490. The standard InChI is InChI=1S/C30H28N4O4S/c1-18-11-12-27(32-17-18)34-29(35)19(2)39-30-23(16-31)22(15-24(33-30)20-9-7-6-8-10-20)21-13-25(36-3)28(38-5)26(14-21)37-4/h6-15,17,19H,1-5H3,(H,32,34,35). The fourth-order valence-electron chi connectivity index (χ4n) is 3.93. The molecule has 1 N–H and O–H groups in total. The number of methoxy groups -OCH3 is 3. The van der Waals surface area contributed by atoms with Gasteiger partial charge in [-0.25, -0.2) is 9.97 Å². The Labute approximate surface area is 232 Å². The summed E-state index contributed by atoms with van der Waals surface area (Å²) in [4.78, 5) is 22.1. The van der Waals surface area contributed by atoms with E-state index >= 15 is 0 Å². The SMILES string of the molecule is COc1cc(-c2cc(-c3ccccc3)nc(SC(C)C(=O)Nc3ccc(C)cn3)c2C#N)cc(OC)c1OC. The number of carbonyl (C=O) groups excluding carboxylic acids is 1. The molecule has 9 heteroatoms. The first-order chi connectivity index (χ1) is 18.9. The van der Waals surface area contributed by atoms with Gasteiger partial charge in [-0.1, -0.05) is 48.2 Å². The normalized spacial score (nSPS) is 11.3. The van der Waals surface area contributed by atoms with Gasteiger partial charge in [-0.15, -0.1) is 0 Å². The van der Waals surface area contributed by atoms with E-state index in [2.05, 4.69) is 16.4 Å². The number of ether oxygens (including phenoxy) is 3. The molecule has 0 aliphatic carbocycles. The molecule has 0 fully saturated rings. The van der Waals surface area contributed by atoms with E-state index in [1.165, 1.54) is 18.9 Å². The Morgan fingerprint density at radius 3 is 2.23 bits per heavy atom. The van der Waals surface area contributed by atoms with Crippen molar-refractivity contribution in [2.24, 2.45) is 0 Å². The van der Waals surface area contributed by atoms with Crippen LogP contribution in [0.5, 0.6) is 17.2 Å². The van der Waals surface area contributed by atoms with Gasteiger partial charge in [-0.05, 0) is 49.2 Å². The molecule has 4 aromatic rings. The number of anilines is 1. The maximum atomic E-state index is 13.0. The minimum atomic E-state index is -0.563. The zero-order valence-corrected chi connectivity index (χ0v) is 23.1. The van der Waals surface area contributed by atoms with Gasteiger partial charge in [0.1, 0.15) is 16.9 Å². The van der Waals surface area contributed by atoms with Crippen molar-refractivity contribution in [2.45, 2.75) is 24.1 Å². The smallest absolute Gasteiger partial charge is 0.238 e. The molecule has 4 rings (SSSR count). The van der Waals surface area contributed by atoms with Gasteiger partial charge >= 0.3 is 0 Å². The molecule has 0 spiro atoms. The maximum absolute atomic E-state index is 13.0. The molecule has 0 radical (unpaired) electrons. The van der Waals surface area contributed by atoms with Gasteiger partial charge in [0, 0.05) is 17.3 Å². The van der Waals surface area contributed by atoms with Crippen LogP contribution in [0.15, 0.2) is 71.9 Å². The molecule has 1 amide bonds. The number of pyridine rings is 2. The van der Waals surface area contributed by atoms with Crippen molar-refractivity contribution in [3.05, 3.63) is 78.0 Å². The summed E-state index contributed by atoms with van der Waals surface area (Å²) >= 11 is 1.21. The number of amides is 1. The molecule has 0 saturated heterocycles. The molecule has 0 bridgehead atoms. The third kappa shape index (κ3) is 6.13. The number of rotatable bonds is 9. The summed E-state index contributed by atoms with van der Waals surface area (Å²) in [6, 6.07) is 21.0. The summed E-state index contributed by atoms with van der Waals surface area (Å²) in [6.45, 7) is 3.70. The molecule has 1 unspecified atom stereocenters.